The molecule has 0 saturated heterocycles. The molecule has 0 unspecified atom stereocenters. The van der Waals surface area contributed by atoms with Gasteiger partial charge in [0.15, 0.2) is 17.3 Å². The number of nitrogens with one attached hydrogen (secondary N) is 2. The van der Waals surface area contributed by atoms with Gasteiger partial charge in [-0.05, 0) is 68.7 Å². The molecule has 0 atom stereocenters. The lowest BCUT2D eigenvalue weighted by Crippen LogP contribution is -2.36. The Balaban J connectivity index is 1.38. The highest BCUT2D eigenvalue weighted by molar-refractivity contribution is 5.93. The minimum atomic E-state index is -0.983. The van der Waals surface area contributed by atoms with Crippen LogP contribution >= 0.6 is 0 Å². The number of carbonyl (C=O) groups is 2. The number of halogens is 1. The molecule has 2 amide bonds. The van der Waals surface area contributed by atoms with Gasteiger partial charge >= 0.3 is 6.09 Å². The van der Waals surface area contributed by atoms with Gasteiger partial charge in [-0.3, -0.25) is 4.79 Å². The molecule has 11 heteroatoms. The van der Waals surface area contributed by atoms with Crippen LogP contribution in [0, 0.1) is 18.7 Å². The fourth-order valence-corrected chi connectivity index (χ4v) is 4.41. The molecule has 0 spiro atoms. The van der Waals surface area contributed by atoms with Crippen LogP contribution in [0.1, 0.15) is 53.3 Å². The number of rotatable bonds is 8. The van der Waals surface area contributed by atoms with Crippen molar-refractivity contribution >= 4 is 12.0 Å². The zero-order chi connectivity index (χ0) is 25.7. The van der Waals surface area contributed by atoms with E-state index in [9.17, 15) is 14.0 Å². The Bertz CT molecular complexity index is 1240. The lowest BCUT2D eigenvalue weighted by molar-refractivity contribution is 0.0945. The first-order chi connectivity index (χ1) is 17.3. The van der Waals surface area contributed by atoms with Crippen molar-refractivity contribution in [2.75, 3.05) is 7.11 Å². The van der Waals surface area contributed by atoms with Crippen molar-refractivity contribution < 1.29 is 28.3 Å². The van der Waals surface area contributed by atoms with Crippen molar-refractivity contribution in [2.24, 2.45) is 5.92 Å². The summed E-state index contributed by atoms with van der Waals surface area (Å²) in [5.74, 6) is 0.466. The molecule has 0 radical (unpaired) electrons. The fraction of sp³-hybridized carbons (Fsp3) is 0.400. The van der Waals surface area contributed by atoms with E-state index < -0.39 is 17.8 Å². The predicted molar refractivity (Wildman–Crippen MR) is 127 cm³/mol. The molecule has 1 fully saturated rings. The summed E-state index contributed by atoms with van der Waals surface area (Å²) in [7, 11) is 1.38. The van der Waals surface area contributed by atoms with Gasteiger partial charge in [-0.2, -0.15) is 0 Å². The molecule has 10 nitrogen and oxygen atoms in total. The number of aromatic nitrogens is 3. The number of hydrogen-bond donors (Lipinski definition) is 3. The van der Waals surface area contributed by atoms with Crippen molar-refractivity contribution in [2.45, 2.75) is 51.6 Å². The first-order valence-electron chi connectivity index (χ1n) is 11.7. The number of aryl methyl sites for hydroxylation is 1. The van der Waals surface area contributed by atoms with E-state index in [1.165, 1.54) is 19.2 Å². The van der Waals surface area contributed by atoms with E-state index in [4.69, 9.17) is 14.4 Å². The number of hydrogen-bond acceptors (Lipinski definition) is 7. The van der Waals surface area contributed by atoms with Crippen molar-refractivity contribution in [3.05, 3.63) is 58.9 Å². The smallest absolute Gasteiger partial charge is 0.404 e. The lowest BCUT2D eigenvalue weighted by atomic mass is 9.83. The SMILES string of the molecule is COc1cc(CNC(=O)c2cc(-c3cc(C[C@H]4CC[C@H](NC(=O)O)CC4)no3)nc(C)n2)ccc1F. The van der Waals surface area contributed by atoms with Crippen molar-refractivity contribution in [3.63, 3.8) is 0 Å². The maximum absolute atomic E-state index is 13.6. The Morgan fingerprint density at radius 2 is 1.94 bits per heavy atom. The molecular formula is C25H28FN5O5. The third-order valence-corrected chi connectivity index (χ3v) is 6.22. The maximum Gasteiger partial charge on any atom is 0.404 e. The second-order valence-corrected chi connectivity index (χ2v) is 8.89. The Morgan fingerprint density at radius 3 is 2.67 bits per heavy atom. The second-order valence-electron chi connectivity index (χ2n) is 8.89. The molecule has 0 aliphatic heterocycles. The van der Waals surface area contributed by atoms with Crippen LogP contribution in [0.2, 0.25) is 0 Å². The van der Waals surface area contributed by atoms with Crippen molar-refractivity contribution in [1.29, 1.82) is 0 Å². The van der Waals surface area contributed by atoms with Gasteiger partial charge in [-0.15, -0.1) is 0 Å². The number of benzene rings is 1. The van der Waals surface area contributed by atoms with Crippen LogP contribution in [-0.4, -0.2) is 45.4 Å². The van der Waals surface area contributed by atoms with E-state index in [1.807, 2.05) is 6.07 Å². The van der Waals surface area contributed by atoms with E-state index in [2.05, 4.69) is 25.8 Å². The topological polar surface area (TPSA) is 139 Å². The van der Waals surface area contributed by atoms with E-state index >= 15 is 0 Å². The number of carbonyl (C=O) groups excluding carboxylic acids is 1. The van der Waals surface area contributed by atoms with Gasteiger partial charge in [0.05, 0.1) is 12.8 Å². The molecule has 1 aromatic carbocycles. The van der Waals surface area contributed by atoms with Crippen LogP contribution in [0.15, 0.2) is 34.9 Å². The molecule has 0 bridgehead atoms. The highest BCUT2D eigenvalue weighted by atomic mass is 19.1. The molecule has 1 saturated carbocycles. The van der Waals surface area contributed by atoms with Gasteiger partial charge in [-0.1, -0.05) is 11.2 Å². The highest BCUT2D eigenvalue weighted by Crippen LogP contribution is 2.28. The predicted octanol–water partition coefficient (Wildman–Crippen LogP) is 3.89. The van der Waals surface area contributed by atoms with Gasteiger partial charge in [0, 0.05) is 18.7 Å². The highest BCUT2D eigenvalue weighted by Gasteiger charge is 2.24. The third kappa shape index (κ3) is 6.35. The summed E-state index contributed by atoms with van der Waals surface area (Å²) in [5.41, 5.74) is 2.09. The Labute approximate surface area is 207 Å². The molecular weight excluding hydrogens is 469 g/mol. The summed E-state index contributed by atoms with van der Waals surface area (Å²) in [6.45, 7) is 1.86. The minimum Gasteiger partial charge on any atom is -0.494 e. The van der Waals surface area contributed by atoms with Gasteiger partial charge in [0.1, 0.15) is 17.2 Å². The monoisotopic (exact) mass is 497 g/mol. The zero-order valence-corrected chi connectivity index (χ0v) is 20.1. The molecule has 4 rings (SSSR count). The number of ether oxygens (including phenoxy) is 1. The maximum atomic E-state index is 13.6. The first kappa shape index (κ1) is 25.1. The normalized spacial score (nSPS) is 17.4. The average molecular weight is 498 g/mol. The summed E-state index contributed by atoms with van der Waals surface area (Å²) in [4.78, 5) is 32.2. The summed E-state index contributed by atoms with van der Waals surface area (Å²) in [6.07, 6.45) is 3.16. The van der Waals surface area contributed by atoms with E-state index in [0.29, 0.717) is 28.8 Å². The fourth-order valence-electron chi connectivity index (χ4n) is 4.41. The van der Waals surface area contributed by atoms with Crippen molar-refractivity contribution in [3.8, 4) is 17.2 Å². The quantitative estimate of drug-likeness (QED) is 0.426. The summed E-state index contributed by atoms with van der Waals surface area (Å²) < 4.78 is 24.1. The van der Waals surface area contributed by atoms with E-state index in [-0.39, 0.29) is 24.0 Å². The third-order valence-electron chi connectivity index (χ3n) is 6.22. The molecule has 2 heterocycles. The van der Waals surface area contributed by atoms with Crippen LogP contribution < -0.4 is 15.4 Å². The molecule has 1 aliphatic rings. The second kappa shape index (κ2) is 11.1. The van der Waals surface area contributed by atoms with Gasteiger partial charge in [0.2, 0.25) is 0 Å². The van der Waals surface area contributed by atoms with Crippen LogP contribution in [0.5, 0.6) is 5.75 Å². The van der Waals surface area contributed by atoms with Crippen LogP contribution in [0.4, 0.5) is 9.18 Å². The number of methoxy groups -OCH3 is 1. The Hall–Kier alpha value is -4.02. The molecule has 190 valence electrons. The number of amides is 2. The largest absolute Gasteiger partial charge is 0.494 e. The summed E-state index contributed by atoms with van der Waals surface area (Å²) >= 11 is 0. The van der Waals surface area contributed by atoms with E-state index in [0.717, 1.165) is 37.8 Å². The summed E-state index contributed by atoms with van der Waals surface area (Å²) in [6, 6.07) is 7.74. The van der Waals surface area contributed by atoms with Crippen molar-refractivity contribution in [1.82, 2.24) is 25.8 Å². The molecule has 1 aliphatic carbocycles. The van der Waals surface area contributed by atoms with Crippen LogP contribution in [-0.2, 0) is 13.0 Å². The van der Waals surface area contributed by atoms with Crippen LogP contribution in [0.25, 0.3) is 11.5 Å². The zero-order valence-electron chi connectivity index (χ0n) is 20.1. The molecule has 3 aromatic rings. The van der Waals surface area contributed by atoms with Gasteiger partial charge < -0.3 is 25.0 Å². The number of nitrogens with zero attached hydrogens (tertiary/aromatic N) is 3. The van der Waals surface area contributed by atoms with E-state index in [1.54, 1.807) is 19.1 Å². The number of carboxylic acid groups (broad SMARTS) is 1. The van der Waals surface area contributed by atoms with Gasteiger partial charge in [-0.25, -0.2) is 19.2 Å². The minimum absolute atomic E-state index is 0.00488. The molecule has 36 heavy (non-hydrogen) atoms. The molecule has 2 aromatic heterocycles. The Morgan fingerprint density at radius 1 is 1.17 bits per heavy atom. The van der Waals surface area contributed by atoms with Gasteiger partial charge in [0.25, 0.3) is 5.91 Å². The lowest BCUT2D eigenvalue weighted by Gasteiger charge is -2.27. The van der Waals surface area contributed by atoms with Crippen LogP contribution in [0.3, 0.4) is 0 Å². The summed E-state index contributed by atoms with van der Waals surface area (Å²) in [5, 5.41) is 18.4. The first-order valence-corrected chi connectivity index (χ1v) is 11.7. The Kier molecular flexibility index (Phi) is 7.77. The molecule has 3 N–H and O–H groups in total. The average Bonchev–Trinajstić information content (AvgIpc) is 3.32. The standard InChI is InChI=1S/C25H28FN5O5/c1-14-28-20(12-21(29-14)24(32)27-13-16-5-8-19(26)22(10-16)35-2)23-11-18(31-36-23)9-15-3-6-17(7-4-15)30-25(33)34/h5,8,10-12,15,17,30H,3-4,6-7,9,13H2,1-2H3,(H,27,32)(H,33,34)/t15-,17-.